The summed E-state index contributed by atoms with van der Waals surface area (Å²) in [6.07, 6.45) is 3.00. The van der Waals surface area contributed by atoms with E-state index in [0.717, 1.165) is 31.2 Å². The standard InChI is InChI=1S/C9H17N3O/c1-8-7-12(2)9(11-8)10-5-4-6-13-3/h7H,4-6H2,1-3H3,(H,10,11). The Morgan fingerprint density at radius 2 is 2.38 bits per heavy atom. The zero-order valence-corrected chi connectivity index (χ0v) is 8.50. The molecule has 0 saturated heterocycles. The number of ether oxygens (including phenoxy) is 1. The molecule has 1 rings (SSSR count). The number of aromatic nitrogens is 2. The molecule has 0 amide bonds. The highest BCUT2D eigenvalue weighted by Gasteiger charge is 1.99. The summed E-state index contributed by atoms with van der Waals surface area (Å²) < 4.78 is 6.94. The van der Waals surface area contributed by atoms with E-state index in [1.54, 1.807) is 7.11 Å². The van der Waals surface area contributed by atoms with Crippen LogP contribution in [0.1, 0.15) is 12.1 Å². The van der Waals surface area contributed by atoms with Gasteiger partial charge in [-0.2, -0.15) is 0 Å². The van der Waals surface area contributed by atoms with E-state index < -0.39 is 0 Å². The molecule has 0 aliphatic heterocycles. The Balaban J connectivity index is 2.32. The van der Waals surface area contributed by atoms with Crippen molar-refractivity contribution in [2.45, 2.75) is 13.3 Å². The maximum atomic E-state index is 4.95. The van der Waals surface area contributed by atoms with Gasteiger partial charge >= 0.3 is 0 Å². The smallest absolute Gasteiger partial charge is 0.202 e. The Hall–Kier alpha value is -1.03. The molecule has 0 atom stereocenters. The molecule has 4 heteroatoms. The van der Waals surface area contributed by atoms with Gasteiger partial charge in [0.15, 0.2) is 0 Å². The third-order valence-corrected chi connectivity index (χ3v) is 1.81. The quantitative estimate of drug-likeness (QED) is 0.697. The van der Waals surface area contributed by atoms with Crippen molar-refractivity contribution in [1.29, 1.82) is 0 Å². The van der Waals surface area contributed by atoms with Crippen molar-refractivity contribution < 1.29 is 4.74 Å². The molecule has 0 saturated carbocycles. The van der Waals surface area contributed by atoms with E-state index in [-0.39, 0.29) is 0 Å². The Labute approximate surface area is 78.9 Å². The average Bonchev–Trinajstić information content (AvgIpc) is 2.39. The van der Waals surface area contributed by atoms with Crippen LogP contribution in [0.25, 0.3) is 0 Å². The van der Waals surface area contributed by atoms with Crippen molar-refractivity contribution in [3.63, 3.8) is 0 Å². The Bertz CT molecular complexity index is 257. The van der Waals surface area contributed by atoms with Gasteiger partial charge in [0, 0.05) is 33.5 Å². The topological polar surface area (TPSA) is 39.1 Å². The maximum Gasteiger partial charge on any atom is 0.202 e. The molecule has 0 aromatic carbocycles. The van der Waals surface area contributed by atoms with Crippen LogP contribution in [0, 0.1) is 6.92 Å². The molecule has 0 unspecified atom stereocenters. The molecular formula is C9H17N3O. The molecule has 0 aliphatic rings. The van der Waals surface area contributed by atoms with E-state index in [4.69, 9.17) is 4.74 Å². The van der Waals surface area contributed by atoms with Gasteiger partial charge in [-0.15, -0.1) is 0 Å². The number of nitrogens with zero attached hydrogens (tertiary/aromatic N) is 2. The number of imidazole rings is 1. The predicted octanol–water partition coefficient (Wildman–Crippen LogP) is 1.18. The third kappa shape index (κ3) is 3.06. The Morgan fingerprint density at radius 1 is 1.62 bits per heavy atom. The molecule has 1 N–H and O–H groups in total. The van der Waals surface area contributed by atoms with Crippen LogP contribution in [0.3, 0.4) is 0 Å². The second-order valence-electron chi connectivity index (χ2n) is 3.09. The maximum absolute atomic E-state index is 4.95. The molecule has 0 aliphatic carbocycles. The first-order chi connectivity index (χ1) is 6.24. The van der Waals surface area contributed by atoms with Crippen LogP contribution in [0.5, 0.6) is 0 Å². The zero-order valence-electron chi connectivity index (χ0n) is 8.50. The van der Waals surface area contributed by atoms with Gasteiger partial charge in [-0.1, -0.05) is 0 Å². The monoisotopic (exact) mass is 183 g/mol. The number of aryl methyl sites for hydroxylation is 2. The fourth-order valence-electron chi connectivity index (χ4n) is 1.20. The van der Waals surface area contributed by atoms with Gasteiger partial charge in [0.2, 0.25) is 5.95 Å². The highest BCUT2D eigenvalue weighted by molar-refractivity contribution is 5.27. The van der Waals surface area contributed by atoms with Gasteiger partial charge in [-0.05, 0) is 13.3 Å². The van der Waals surface area contributed by atoms with Gasteiger partial charge in [-0.25, -0.2) is 4.98 Å². The first kappa shape index (κ1) is 10.1. The lowest BCUT2D eigenvalue weighted by Gasteiger charge is -2.04. The van der Waals surface area contributed by atoms with Crippen LogP contribution in [0.4, 0.5) is 5.95 Å². The lowest BCUT2D eigenvalue weighted by molar-refractivity contribution is 0.197. The SMILES string of the molecule is COCCCNc1nc(C)cn1C. The minimum atomic E-state index is 0.788. The number of methoxy groups -OCH3 is 1. The highest BCUT2D eigenvalue weighted by atomic mass is 16.5. The van der Waals surface area contributed by atoms with Crippen LogP contribution in [0.2, 0.25) is 0 Å². The van der Waals surface area contributed by atoms with Crippen LogP contribution in [-0.2, 0) is 11.8 Å². The van der Waals surface area contributed by atoms with Crippen molar-refractivity contribution in [1.82, 2.24) is 9.55 Å². The summed E-state index contributed by atoms with van der Waals surface area (Å²) in [6, 6.07) is 0. The van der Waals surface area contributed by atoms with Crippen LogP contribution in [0.15, 0.2) is 6.20 Å². The summed E-state index contributed by atoms with van der Waals surface area (Å²) in [5.41, 5.74) is 1.04. The van der Waals surface area contributed by atoms with Crippen molar-refractivity contribution in [3.8, 4) is 0 Å². The third-order valence-electron chi connectivity index (χ3n) is 1.81. The molecule has 0 fully saturated rings. The van der Waals surface area contributed by atoms with Gasteiger partial charge in [-0.3, -0.25) is 0 Å². The first-order valence-corrected chi connectivity index (χ1v) is 4.47. The summed E-state index contributed by atoms with van der Waals surface area (Å²) in [7, 11) is 3.70. The Morgan fingerprint density at radius 3 is 2.92 bits per heavy atom. The minimum absolute atomic E-state index is 0.788. The van der Waals surface area contributed by atoms with E-state index >= 15 is 0 Å². The second kappa shape index (κ2) is 4.87. The lowest BCUT2D eigenvalue weighted by atomic mass is 10.4. The number of nitrogens with one attached hydrogen (secondary N) is 1. The molecule has 13 heavy (non-hydrogen) atoms. The van der Waals surface area contributed by atoms with Gasteiger partial charge in [0.05, 0.1) is 5.69 Å². The van der Waals surface area contributed by atoms with Gasteiger partial charge in [0.25, 0.3) is 0 Å². The fourth-order valence-corrected chi connectivity index (χ4v) is 1.20. The fraction of sp³-hybridized carbons (Fsp3) is 0.667. The molecule has 1 aromatic rings. The summed E-state index contributed by atoms with van der Waals surface area (Å²) >= 11 is 0. The van der Waals surface area contributed by atoms with Crippen molar-refractivity contribution in [2.75, 3.05) is 25.6 Å². The number of hydrogen-bond donors (Lipinski definition) is 1. The minimum Gasteiger partial charge on any atom is -0.385 e. The van der Waals surface area contributed by atoms with Crippen LogP contribution >= 0.6 is 0 Å². The zero-order chi connectivity index (χ0) is 9.68. The van der Waals surface area contributed by atoms with Crippen molar-refractivity contribution in [2.24, 2.45) is 7.05 Å². The van der Waals surface area contributed by atoms with E-state index in [2.05, 4.69) is 10.3 Å². The molecule has 1 heterocycles. The molecule has 0 bridgehead atoms. The largest absolute Gasteiger partial charge is 0.385 e. The summed E-state index contributed by atoms with van der Waals surface area (Å²) in [6.45, 7) is 3.68. The summed E-state index contributed by atoms with van der Waals surface area (Å²) in [5, 5.41) is 3.24. The molecule has 4 nitrogen and oxygen atoms in total. The number of rotatable bonds is 5. The predicted molar refractivity (Wildman–Crippen MR) is 52.9 cm³/mol. The first-order valence-electron chi connectivity index (χ1n) is 4.47. The molecule has 0 spiro atoms. The summed E-state index contributed by atoms with van der Waals surface area (Å²) in [4.78, 5) is 4.32. The molecular weight excluding hydrogens is 166 g/mol. The van der Waals surface area contributed by atoms with Crippen LogP contribution < -0.4 is 5.32 Å². The summed E-state index contributed by atoms with van der Waals surface area (Å²) in [5.74, 6) is 0.925. The highest BCUT2D eigenvalue weighted by Crippen LogP contribution is 2.04. The van der Waals surface area contributed by atoms with E-state index in [1.165, 1.54) is 0 Å². The molecule has 74 valence electrons. The Kier molecular flexibility index (Phi) is 3.76. The number of hydrogen-bond acceptors (Lipinski definition) is 3. The van der Waals surface area contributed by atoms with Crippen molar-refractivity contribution >= 4 is 5.95 Å². The molecule has 1 aromatic heterocycles. The lowest BCUT2D eigenvalue weighted by Crippen LogP contribution is -2.08. The van der Waals surface area contributed by atoms with E-state index in [0.29, 0.717) is 0 Å². The van der Waals surface area contributed by atoms with Gasteiger partial charge < -0.3 is 14.6 Å². The van der Waals surface area contributed by atoms with Crippen molar-refractivity contribution in [3.05, 3.63) is 11.9 Å². The van der Waals surface area contributed by atoms with E-state index in [1.807, 2.05) is 24.7 Å². The number of anilines is 1. The van der Waals surface area contributed by atoms with Crippen LogP contribution in [-0.4, -0.2) is 29.8 Å². The van der Waals surface area contributed by atoms with E-state index in [9.17, 15) is 0 Å². The second-order valence-corrected chi connectivity index (χ2v) is 3.09. The van der Waals surface area contributed by atoms with Gasteiger partial charge in [0.1, 0.15) is 0 Å². The normalized spacial score (nSPS) is 10.4. The average molecular weight is 183 g/mol. The molecule has 0 radical (unpaired) electrons.